The standard InChI is InChI=1S/C21H30O4/c1-12(2)17-7-14-8-19(10-22)16-6-5-13(3)15(16)9-20(14,11-25-4)21(17,19)18(23)24/h7,10,12-16H,5-6,8-9,11H2,1-4H3,(H,23,24). The molecule has 0 aromatic rings. The molecule has 4 aliphatic carbocycles. The van der Waals surface area contributed by atoms with E-state index < -0.39 is 22.2 Å². The Morgan fingerprint density at radius 3 is 2.68 bits per heavy atom. The lowest BCUT2D eigenvalue weighted by Crippen LogP contribution is -2.63. The van der Waals surface area contributed by atoms with Crippen LogP contribution in [0.25, 0.3) is 0 Å². The van der Waals surface area contributed by atoms with E-state index in [2.05, 4.69) is 26.8 Å². The summed E-state index contributed by atoms with van der Waals surface area (Å²) in [6.45, 7) is 6.85. The first-order valence-electron chi connectivity index (χ1n) is 9.73. The number of ether oxygens (including phenoxy) is 1. The normalized spacial score (nSPS) is 50.0. The summed E-state index contributed by atoms with van der Waals surface area (Å²) in [5.74, 6) is 0.684. The van der Waals surface area contributed by atoms with Crippen molar-refractivity contribution in [2.75, 3.05) is 13.7 Å². The van der Waals surface area contributed by atoms with Crippen LogP contribution in [0.1, 0.15) is 46.5 Å². The number of aldehydes is 1. The van der Waals surface area contributed by atoms with Crippen LogP contribution in [0.5, 0.6) is 0 Å². The second-order valence-corrected chi connectivity index (χ2v) is 9.42. The van der Waals surface area contributed by atoms with Gasteiger partial charge in [-0.25, -0.2) is 0 Å². The zero-order valence-electron chi connectivity index (χ0n) is 15.7. The molecule has 0 aliphatic heterocycles. The lowest BCUT2D eigenvalue weighted by molar-refractivity contribution is -0.185. The van der Waals surface area contributed by atoms with E-state index in [0.717, 1.165) is 31.1 Å². The number of carbonyl (C=O) groups is 2. The first-order chi connectivity index (χ1) is 11.8. The highest BCUT2D eigenvalue weighted by molar-refractivity contribution is 5.90. The molecule has 1 N–H and O–H groups in total. The molecule has 3 fully saturated rings. The van der Waals surface area contributed by atoms with Crippen LogP contribution in [0.3, 0.4) is 0 Å². The minimum absolute atomic E-state index is 0.132. The van der Waals surface area contributed by atoms with Crippen molar-refractivity contribution in [2.45, 2.75) is 46.5 Å². The average molecular weight is 346 g/mol. The van der Waals surface area contributed by atoms with Gasteiger partial charge in [-0.3, -0.25) is 4.79 Å². The molecule has 4 heteroatoms. The third kappa shape index (κ3) is 1.60. The minimum Gasteiger partial charge on any atom is -0.481 e. The van der Waals surface area contributed by atoms with Crippen molar-refractivity contribution in [3.63, 3.8) is 0 Å². The minimum atomic E-state index is -1.08. The smallest absolute Gasteiger partial charge is 0.315 e. The number of hydrogen-bond donors (Lipinski definition) is 1. The predicted octanol–water partition coefficient (Wildman–Crippen LogP) is 3.56. The Kier molecular flexibility index (Phi) is 3.58. The van der Waals surface area contributed by atoms with E-state index >= 15 is 0 Å². The zero-order valence-corrected chi connectivity index (χ0v) is 15.7. The maximum atomic E-state index is 13.0. The van der Waals surface area contributed by atoms with E-state index in [-0.39, 0.29) is 17.8 Å². The van der Waals surface area contributed by atoms with Crippen LogP contribution in [0.2, 0.25) is 0 Å². The number of carboxylic acids is 1. The first-order valence-corrected chi connectivity index (χ1v) is 9.73. The maximum Gasteiger partial charge on any atom is 0.315 e. The number of allylic oxidation sites excluding steroid dienone is 1. The quantitative estimate of drug-likeness (QED) is 0.611. The molecule has 0 spiro atoms. The van der Waals surface area contributed by atoms with Crippen molar-refractivity contribution in [3.8, 4) is 0 Å². The van der Waals surface area contributed by atoms with E-state index in [1.807, 2.05) is 0 Å². The van der Waals surface area contributed by atoms with Gasteiger partial charge in [-0.15, -0.1) is 0 Å². The number of carboxylic acid groups (broad SMARTS) is 1. The number of hydrogen-bond acceptors (Lipinski definition) is 3. The molecule has 7 unspecified atom stereocenters. The molecule has 0 aromatic carbocycles. The van der Waals surface area contributed by atoms with Gasteiger partial charge >= 0.3 is 5.97 Å². The van der Waals surface area contributed by atoms with Crippen molar-refractivity contribution in [2.24, 2.45) is 45.8 Å². The fraction of sp³-hybridized carbons (Fsp3) is 0.810. The third-order valence-electron chi connectivity index (χ3n) is 8.52. The van der Waals surface area contributed by atoms with Gasteiger partial charge < -0.3 is 14.6 Å². The molecule has 0 saturated heterocycles. The van der Waals surface area contributed by atoms with Crippen LogP contribution in [0, 0.1) is 45.8 Å². The van der Waals surface area contributed by atoms with Crippen molar-refractivity contribution >= 4 is 12.3 Å². The molecule has 25 heavy (non-hydrogen) atoms. The van der Waals surface area contributed by atoms with Gasteiger partial charge in [0.1, 0.15) is 11.7 Å². The second-order valence-electron chi connectivity index (χ2n) is 9.42. The van der Waals surface area contributed by atoms with Gasteiger partial charge in [0, 0.05) is 12.5 Å². The second kappa shape index (κ2) is 5.18. The van der Waals surface area contributed by atoms with E-state index in [4.69, 9.17) is 4.74 Å². The Labute approximate surface area is 150 Å². The SMILES string of the molecule is COCC12CC3C(C)CCC3C3(C=O)CC1C=C(C(C)C)C32C(=O)O. The van der Waals surface area contributed by atoms with Crippen LogP contribution in [-0.4, -0.2) is 31.1 Å². The van der Waals surface area contributed by atoms with Gasteiger partial charge in [0.15, 0.2) is 0 Å². The van der Waals surface area contributed by atoms with Crippen LogP contribution < -0.4 is 0 Å². The van der Waals surface area contributed by atoms with Gasteiger partial charge in [0.05, 0.1) is 12.0 Å². The summed E-state index contributed by atoms with van der Waals surface area (Å²) < 4.78 is 5.65. The highest BCUT2D eigenvalue weighted by Crippen LogP contribution is 2.82. The lowest BCUT2D eigenvalue weighted by Gasteiger charge is -2.58. The van der Waals surface area contributed by atoms with Crippen LogP contribution in [0.4, 0.5) is 0 Å². The molecule has 138 valence electrons. The molecule has 0 heterocycles. The van der Waals surface area contributed by atoms with E-state index in [9.17, 15) is 14.7 Å². The number of rotatable bonds is 5. The number of carbonyl (C=O) groups excluding carboxylic acids is 1. The molecule has 4 aliphatic rings. The van der Waals surface area contributed by atoms with Crippen LogP contribution in [0.15, 0.2) is 11.6 Å². The Bertz CT molecular complexity index is 652. The summed E-state index contributed by atoms with van der Waals surface area (Å²) in [5.41, 5.74) is -1.32. The van der Waals surface area contributed by atoms with E-state index in [1.54, 1.807) is 7.11 Å². The topological polar surface area (TPSA) is 63.6 Å². The average Bonchev–Trinajstić information content (AvgIpc) is 3.12. The van der Waals surface area contributed by atoms with Crippen LogP contribution >= 0.6 is 0 Å². The summed E-state index contributed by atoms with van der Waals surface area (Å²) in [6, 6.07) is 0. The Balaban J connectivity index is 2.02. The Morgan fingerprint density at radius 2 is 2.12 bits per heavy atom. The van der Waals surface area contributed by atoms with Gasteiger partial charge in [-0.2, -0.15) is 0 Å². The molecule has 3 saturated carbocycles. The van der Waals surface area contributed by atoms with Crippen molar-refractivity contribution in [1.29, 1.82) is 0 Å². The van der Waals surface area contributed by atoms with Gasteiger partial charge in [-0.1, -0.05) is 38.8 Å². The van der Waals surface area contributed by atoms with E-state index in [1.165, 1.54) is 0 Å². The highest BCUT2D eigenvalue weighted by Gasteiger charge is 2.84. The lowest BCUT2D eigenvalue weighted by atomic mass is 9.43. The van der Waals surface area contributed by atoms with Gasteiger partial charge in [0.25, 0.3) is 0 Å². The zero-order chi connectivity index (χ0) is 18.2. The predicted molar refractivity (Wildman–Crippen MR) is 93.9 cm³/mol. The van der Waals surface area contributed by atoms with Gasteiger partial charge in [-0.05, 0) is 48.9 Å². The van der Waals surface area contributed by atoms with Crippen molar-refractivity contribution in [1.82, 2.24) is 0 Å². The number of aliphatic carboxylic acids is 1. The summed E-state index contributed by atoms with van der Waals surface area (Å²) in [4.78, 5) is 25.6. The fourth-order valence-electron chi connectivity index (χ4n) is 7.89. The molecule has 4 bridgehead atoms. The van der Waals surface area contributed by atoms with Gasteiger partial charge in [0.2, 0.25) is 0 Å². The fourth-order valence-corrected chi connectivity index (χ4v) is 7.89. The van der Waals surface area contributed by atoms with E-state index in [0.29, 0.717) is 24.9 Å². The Hall–Kier alpha value is -1.16. The molecular weight excluding hydrogens is 316 g/mol. The highest BCUT2D eigenvalue weighted by atomic mass is 16.5. The molecule has 0 aromatic heterocycles. The summed E-state index contributed by atoms with van der Waals surface area (Å²) in [7, 11) is 1.67. The molecule has 0 amide bonds. The summed E-state index contributed by atoms with van der Waals surface area (Å²) >= 11 is 0. The van der Waals surface area contributed by atoms with Crippen LogP contribution in [-0.2, 0) is 14.3 Å². The molecular formula is C21H30O4. The first kappa shape index (κ1) is 17.3. The number of methoxy groups -OCH3 is 1. The molecule has 0 radical (unpaired) electrons. The Morgan fingerprint density at radius 1 is 1.40 bits per heavy atom. The largest absolute Gasteiger partial charge is 0.481 e. The molecule has 4 nitrogen and oxygen atoms in total. The number of fused-ring (bicyclic) bond motifs is 2. The monoisotopic (exact) mass is 346 g/mol. The molecule has 4 rings (SSSR count). The summed E-state index contributed by atoms with van der Waals surface area (Å²) in [6.07, 6.45) is 6.94. The van der Waals surface area contributed by atoms with Crippen molar-refractivity contribution in [3.05, 3.63) is 11.6 Å². The van der Waals surface area contributed by atoms with Crippen molar-refractivity contribution < 1.29 is 19.4 Å². The molecule has 7 atom stereocenters. The maximum absolute atomic E-state index is 13.0. The third-order valence-corrected chi connectivity index (χ3v) is 8.52. The summed E-state index contributed by atoms with van der Waals surface area (Å²) in [5, 5.41) is 10.6.